The number of aromatic nitrogens is 3. The molecule has 0 spiro atoms. The SMILES string of the molecule is Cc1c(N2Cc3ccccc3[C@@H]2COc2cccc(C(=O)N3CCN(c4ccccn4)CC3)c2)cn[nH]c1=O. The second kappa shape index (κ2) is 10.6. The summed E-state index contributed by atoms with van der Waals surface area (Å²) < 4.78 is 6.29. The maximum absolute atomic E-state index is 13.3. The molecule has 39 heavy (non-hydrogen) atoms. The summed E-state index contributed by atoms with van der Waals surface area (Å²) >= 11 is 0. The Hall–Kier alpha value is -4.66. The lowest BCUT2D eigenvalue weighted by Crippen LogP contribution is -2.49. The minimum absolute atomic E-state index is 0.000769. The number of carbonyl (C=O) groups excluding carboxylic acids is 1. The van der Waals surface area contributed by atoms with Gasteiger partial charge in [-0.3, -0.25) is 9.59 Å². The van der Waals surface area contributed by atoms with Crippen LogP contribution in [0, 0.1) is 6.92 Å². The van der Waals surface area contributed by atoms with Gasteiger partial charge in [-0.05, 0) is 48.4 Å². The third-order valence-corrected chi connectivity index (χ3v) is 7.55. The molecule has 2 aromatic carbocycles. The number of ether oxygens (including phenoxy) is 1. The van der Waals surface area contributed by atoms with E-state index < -0.39 is 0 Å². The number of anilines is 2. The van der Waals surface area contributed by atoms with Crippen molar-refractivity contribution >= 4 is 17.4 Å². The minimum atomic E-state index is -0.199. The van der Waals surface area contributed by atoms with Crippen LogP contribution in [0.15, 0.2) is 83.9 Å². The number of pyridine rings is 1. The summed E-state index contributed by atoms with van der Waals surface area (Å²) in [7, 11) is 0. The molecule has 0 unspecified atom stereocenters. The zero-order chi connectivity index (χ0) is 26.8. The Balaban J connectivity index is 1.15. The van der Waals surface area contributed by atoms with E-state index in [-0.39, 0.29) is 17.5 Å². The highest BCUT2D eigenvalue weighted by Gasteiger charge is 2.32. The van der Waals surface area contributed by atoms with E-state index in [2.05, 4.69) is 37.1 Å². The van der Waals surface area contributed by atoms with Crippen LogP contribution in [0.1, 0.15) is 33.1 Å². The fourth-order valence-electron chi connectivity index (χ4n) is 5.39. The van der Waals surface area contributed by atoms with Crippen LogP contribution in [-0.4, -0.2) is 58.8 Å². The monoisotopic (exact) mass is 522 g/mol. The first kappa shape index (κ1) is 24.7. The molecule has 0 aliphatic carbocycles. The number of piperazine rings is 1. The van der Waals surface area contributed by atoms with E-state index >= 15 is 0 Å². The number of nitrogens with one attached hydrogen (secondary N) is 1. The third-order valence-electron chi connectivity index (χ3n) is 7.55. The average molecular weight is 523 g/mol. The largest absolute Gasteiger partial charge is 0.491 e. The van der Waals surface area contributed by atoms with Crippen molar-refractivity contribution in [3.8, 4) is 5.75 Å². The fraction of sp³-hybridized carbons (Fsp3) is 0.267. The van der Waals surface area contributed by atoms with Crippen molar-refractivity contribution in [2.24, 2.45) is 0 Å². The average Bonchev–Trinajstić information content (AvgIpc) is 3.36. The summed E-state index contributed by atoms with van der Waals surface area (Å²) in [5.41, 5.74) is 4.18. The fourth-order valence-corrected chi connectivity index (χ4v) is 5.39. The first-order valence-corrected chi connectivity index (χ1v) is 13.2. The molecule has 1 N–H and O–H groups in total. The minimum Gasteiger partial charge on any atom is -0.491 e. The number of aromatic amines is 1. The Labute approximate surface area is 226 Å². The molecule has 4 heterocycles. The molecule has 9 heteroatoms. The van der Waals surface area contributed by atoms with Crippen LogP contribution in [-0.2, 0) is 6.54 Å². The van der Waals surface area contributed by atoms with Gasteiger partial charge in [0.1, 0.15) is 18.2 Å². The first-order valence-electron chi connectivity index (χ1n) is 13.2. The third kappa shape index (κ3) is 4.95. The van der Waals surface area contributed by atoms with Gasteiger partial charge >= 0.3 is 0 Å². The van der Waals surface area contributed by atoms with Gasteiger partial charge in [0.2, 0.25) is 0 Å². The second-order valence-corrected chi connectivity index (χ2v) is 9.86. The van der Waals surface area contributed by atoms with E-state index in [1.807, 2.05) is 66.4 Å². The lowest BCUT2D eigenvalue weighted by molar-refractivity contribution is 0.0746. The first-order chi connectivity index (χ1) is 19.1. The molecular formula is C30H30N6O3. The number of H-pyrrole nitrogens is 1. The Morgan fingerprint density at radius 2 is 1.85 bits per heavy atom. The molecule has 1 saturated heterocycles. The van der Waals surface area contributed by atoms with Crippen molar-refractivity contribution in [1.82, 2.24) is 20.1 Å². The van der Waals surface area contributed by atoms with E-state index in [1.54, 1.807) is 12.4 Å². The molecule has 2 aliphatic rings. The predicted molar refractivity (Wildman–Crippen MR) is 149 cm³/mol. The zero-order valence-electron chi connectivity index (χ0n) is 21.8. The van der Waals surface area contributed by atoms with E-state index in [4.69, 9.17) is 4.74 Å². The number of amides is 1. The number of benzene rings is 2. The molecule has 4 aromatic rings. The van der Waals surface area contributed by atoms with Crippen molar-refractivity contribution in [1.29, 1.82) is 0 Å². The van der Waals surface area contributed by atoms with Gasteiger partial charge in [0.05, 0.1) is 17.9 Å². The van der Waals surface area contributed by atoms with E-state index in [0.717, 1.165) is 30.2 Å². The quantitative estimate of drug-likeness (QED) is 0.414. The Kier molecular flexibility index (Phi) is 6.71. The van der Waals surface area contributed by atoms with Crippen LogP contribution in [0.4, 0.5) is 11.5 Å². The van der Waals surface area contributed by atoms with Crippen LogP contribution < -0.4 is 20.1 Å². The van der Waals surface area contributed by atoms with E-state index in [0.29, 0.717) is 43.1 Å². The summed E-state index contributed by atoms with van der Waals surface area (Å²) in [6.07, 6.45) is 3.49. The van der Waals surface area contributed by atoms with Gasteiger partial charge in [0, 0.05) is 50.0 Å². The number of carbonyl (C=O) groups is 1. The molecule has 198 valence electrons. The molecular weight excluding hydrogens is 492 g/mol. The molecule has 1 amide bonds. The van der Waals surface area contributed by atoms with Crippen LogP contribution >= 0.6 is 0 Å². The van der Waals surface area contributed by atoms with E-state index in [1.165, 1.54) is 5.56 Å². The van der Waals surface area contributed by atoms with Crippen LogP contribution in [0.5, 0.6) is 5.75 Å². The summed E-state index contributed by atoms with van der Waals surface area (Å²) in [6.45, 7) is 5.60. The van der Waals surface area contributed by atoms with Crippen LogP contribution in [0.3, 0.4) is 0 Å². The van der Waals surface area contributed by atoms with Gasteiger partial charge in [-0.15, -0.1) is 0 Å². The molecule has 9 nitrogen and oxygen atoms in total. The van der Waals surface area contributed by atoms with Crippen LogP contribution in [0.2, 0.25) is 0 Å². The van der Waals surface area contributed by atoms with Crippen molar-refractivity contribution in [2.45, 2.75) is 19.5 Å². The number of nitrogens with zero attached hydrogens (tertiary/aromatic N) is 5. The van der Waals surface area contributed by atoms with Gasteiger partial charge in [-0.2, -0.15) is 5.10 Å². The Morgan fingerprint density at radius 3 is 2.67 bits per heavy atom. The number of hydrogen-bond acceptors (Lipinski definition) is 7. The smallest absolute Gasteiger partial charge is 0.269 e. The Morgan fingerprint density at radius 1 is 1.03 bits per heavy atom. The summed E-state index contributed by atoms with van der Waals surface area (Å²) in [6, 6.07) is 21.4. The number of hydrogen-bond donors (Lipinski definition) is 1. The number of fused-ring (bicyclic) bond motifs is 1. The van der Waals surface area contributed by atoms with Crippen molar-refractivity contribution in [2.75, 3.05) is 42.6 Å². The second-order valence-electron chi connectivity index (χ2n) is 9.86. The summed E-state index contributed by atoms with van der Waals surface area (Å²) in [5, 5.41) is 6.54. The van der Waals surface area contributed by atoms with Crippen molar-refractivity contribution in [3.63, 3.8) is 0 Å². The molecule has 0 bridgehead atoms. The lowest BCUT2D eigenvalue weighted by Gasteiger charge is -2.35. The maximum Gasteiger partial charge on any atom is 0.269 e. The molecule has 2 aliphatic heterocycles. The molecule has 0 saturated carbocycles. The van der Waals surface area contributed by atoms with Crippen LogP contribution in [0.25, 0.3) is 0 Å². The molecule has 1 atom stereocenters. The highest BCUT2D eigenvalue weighted by atomic mass is 16.5. The Bertz CT molecular complexity index is 1530. The molecule has 2 aromatic heterocycles. The van der Waals surface area contributed by atoms with E-state index in [9.17, 15) is 9.59 Å². The topological polar surface area (TPSA) is 94.7 Å². The van der Waals surface area contributed by atoms with Gasteiger partial charge in [0.25, 0.3) is 11.5 Å². The zero-order valence-corrected chi connectivity index (χ0v) is 21.8. The lowest BCUT2D eigenvalue weighted by atomic mass is 10.1. The normalized spacial score (nSPS) is 16.7. The predicted octanol–water partition coefficient (Wildman–Crippen LogP) is 3.58. The summed E-state index contributed by atoms with van der Waals surface area (Å²) in [5.74, 6) is 1.57. The molecule has 0 radical (unpaired) electrons. The van der Waals surface area contributed by atoms with Crippen molar-refractivity contribution < 1.29 is 9.53 Å². The highest BCUT2D eigenvalue weighted by molar-refractivity contribution is 5.94. The van der Waals surface area contributed by atoms with Crippen molar-refractivity contribution in [3.05, 3.63) is 112 Å². The molecule has 1 fully saturated rings. The van der Waals surface area contributed by atoms with Gasteiger partial charge in [-0.1, -0.05) is 36.4 Å². The number of rotatable bonds is 6. The molecule has 6 rings (SSSR count). The standard InChI is InChI=1S/C30H30N6O3/c1-21-26(18-32-33-29(21)37)36-19-23-7-2-3-10-25(23)27(36)20-39-24-9-6-8-22(17-24)30(38)35-15-13-34(14-16-35)28-11-4-5-12-31-28/h2-12,17-18,27H,13-16,19-20H2,1H3,(H,33,37)/t27-/m0/s1. The summed E-state index contributed by atoms with van der Waals surface area (Å²) in [4.78, 5) is 36.2. The van der Waals surface area contributed by atoms with Gasteiger partial charge in [-0.25, -0.2) is 10.1 Å². The highest BCUT2D eigenvalue weighted by Crippen LogP contribution is 2.38. The van der Waals surface area contributed by atoms with Gasteiger partial charge in [0.15, 0.2) is 0 Å². The maximum atomic E-state index is 13.3. The van der Waals surface area contributed by atoms with Gasteiger partial charge < -0.3 is 19.4 Å².